The van der Waals surface area contributed by atoms with E-state index < -0.39 is 17.5 Å². The molecule has 2 rings (SSSR count). The number of hydrogen-bond donors (Lipinski definition) is 1. The number of benzene rings is 1. The third-order valence-electron chi connectivity index (χ3n) is 3.76. The van der Waals surface area contributed by atoms with E-state index in [0.717, 1.165) is 31.6 Å². The first-order valence-corrected chi connectivity index (χ1v) is 6.42. The molecular formula is C14H19F3N2. The number of likely N-dealkylation sites (tertiary alicyclic amines) is 1. The van der Waals surface area contributed by atoms with Crippen molar-refractivity contribution < 1.29 is 13.2 Å². The van der Waals surface area contributed by atoms with E-state index >= 15 is 0 Å². The molecule has 0 aliphatic carbocycles. The van der Waals surface area contributed by atoms with Gasteiger partial charge in [0.1, 0.15) is 0 Å². The van der Waals surface area contributed by atoms with Crippen LogP contribution in [-0.4, -0.2) is 24.5 Å². The van der Waals surface area contributed by atoms with Crippen molar-refractivity contribution in [1.82, 2.24) is 4.90 Å². The van der Waals surface area contributed by atoms with E-state index in [1.54, 1.807) is 0 Å². The number of halogens is 3. The third kappa shape index (κ3) is 2.92. The first kappa shape index (κ1) is 14.3. The minimum Gasteiger partial charge on any atom is -0.329 e. The molecular weight excluding hydrogens is 253 g/mol. The monoisotopic (exact) mass is 272 g/mol. The SMILES string of the molecule is CC1(C)CCN(C(CN)c2cc(F)c(F)c(F)c2)C1. The topological polar surface area (TPSA) is 29.3 Å². The lowest BCUT2D eigenvalue weighted by atomic mass is 9.93. The molecule has 106 valence electrons. The van der Waals surface area contributed by atoms with Crippen molar-refractivity contribution in [2.75, 3.05) is 19.6 Å². The van der Waals surface area contributed by atoms with Gasteiger partial charge in [0.2, 0.25) is 0 Å². The molecule has 1 aromatic rings. The minimum absolute atomic E-state index is 0.171. The fourth-order valence-corrected chi connectivity index (χ4v) is 2.68. The largest absolute Gasteiger partial charge is 0.329 e. The third-order valence-corrected chi connectivity index (χ3v) is 3.76. The molecule has 1 aliphatic rings. The van der Waals surface area contributed by atoms with Crippen molar-refractivity contribution in [3.8, 4) is 0 Å². The summed E-state index contributed by atoms with van der Waals surface area (Å²) in [6.07, 6.45) is 1.01. The number of nitrogens with two attached hydrogens (primary N) is 1. The summed E-state index contributed by atoms with van der Waals surface area (Å²) >= 11 is 0. The van der Waals surface area contributed by atoms with Crippen molar-refractivity contribution >= 4 is 0 Å². The first-order chi connectivity index (χ1) is 8.84. The van der Waals surface area contributed by atoms with E-state index in [1.165, 1.54) is 0 Å². The quantitative estimate of drug-likeness (QED) is 0.857. The molecule has 1 aliphatic heterocycles. The Labute approximate surface area is 111 Å². The van der Waals surface area contributed by atoms with Gasteiger partial charge in [0.15, 0.2) is 17.5 Å². The molecule has 0 bridgehead atoms. The van der Waals surface area contributed by atoms with Gasteiger partial charge < -0.3 is 5.73 Å². The van der Waals surface area contributed by atoms with Crippen LogP contribution in [0.3, 0.4) is 0 Å². The molecule has 1 atom stereocenters. The smallest absolute Gasteiger partial charge is 0.194 e. The van der Waals surface area contributed by atoms with Crippen molar-refractivity contribution in [1.29, 1.82) is 0 Å². The van der Waals surface area contributed by atoms with Crippen LogP contribution in [-0.2, 0) is 0 Å². The average Bonchev–Trinajstić information content (AvgIpc) is 2.67. The molecule has 1 heterocycles. The van der Waals surface area contributed by atoms with Gasteiger partial charge in [-0.25, -0.2) is 13.2 Å². The van der Waals surface area contributed by atoms with Gasteiger partial charge >= 0.3 is 0 Å². The number of rotatable bonds is 3. The highest BCUT2D eigenvalue weighted by molar-refractivity contribution is 5.23. The Morgan fingerprint density at radius 1 is 1.26 bits per heavy atom. The van der Waals surface area contributed by atoms with E-state index in [9.17, 15) is 13.2 Å². The highest BCUT2D eigenvalue weighted by Gasteiger charge is 2.33. The molecule has 2 nitrogen and oxygen atoms in total. The summed E-state index contributed by atoms with van der Waals surface area (Å²) < 4.78 is 39.6. The lowest BCUT2D eigenvalue weighted by Crippen LogP contribution is -2.33. The van der Waals surface area contributed by atoms with Crippen LogP contribution in [0.2, 0.25) is 0 Å². The van der Waals surface area contributed by atoms with Crippen LogP contribution in [0.1, 0.15) is 31.9 Å². The molecule has 19 heavy (non-hydrogen) atoms. The van der Waals surface area contributed by atoms with E-state index in [2.05, 4.69) is 18.7 Å². The fourth-order valence-electron chi connectivity index (χ4n) is 2.68. The first-order valence-electron chi connectivity index (χ1n) is 6.42. The summed E-state index contributed by atoms with van der Waals surface area (Å²) in [5.74, 6) is -3.75. The Bertz CT molecular complexity index is 451. The summed E-state index contributed by atoms with van der Waals surface area (Å²) in [6, 6.07) is 1.81. The van der Waals surface area contributed by atoms with Crippen molar-refractivity contribution in [3.63, 3.8) is 0 Å². The standard InChI is InChI=1S/C14H19F3N2/c1-14(2)3-4-19(8-14)12(7-18)9-5-10(15)13(17)11(16)6-9/h5-6,12H,3-4,7-8,18H2,1-2H3. The van der Waals surface area contributed by atoms with Crippen molar-refractivity contribution in [3.05, 3.63) is 35.1 Å². The Morgan fingerprint density at radius 3 is 2.26 bits per heavy atom. The second-order valence-electron chi connectivity index (χ2n) is 5.93. The van der Waals surface area contributed by atoms with Gasteiger partial charge in [-0.15, -0.1) is 0 Å². The Hall–Kier alpha value is -1.07. The van der Waals surface area contributed by atoms with Gasteiger partial charge in [0.05, 0.1) is 0 Å². The molecule has 1 fully saturated rings. The van der Waals surface area contributed by atoms with Gasteiger partial charge in [-0.05, 0) is 36.1 Å². The van der Waals surface area contributed by atoms with E-state index in [-0.39, 0.29) is 18.0 Å². The summed E-state index contributed by atoms with van der Waals surface area (Å²) in [6.45, 7) is 6.18. The van der Waals surface area contributed by atoms with E-state index in [1.807, 2.05) is 0 Å². The zero-order valence-corrected chi connectivity index (χ0v) is 11.2. The van der Waals surface area contributed by atoms with Crippen LogP contribution in [0.15, 0.2) is 12.1 Å². The fraction of sp³-hybridized carbons (Fsp3) is 0.571. The van der Waals surface area contributed by atoms with Gasteiger partial charge in [-0.1, -0.05) is 13.8 Å². The van der Waals surface area contributed by atoms with Gasteiger partial charge in [-0.2, -0.15) is 0 Å². The van der Waals surface area contributed by atoms with Gasteiger partial charge in [-0.3, -0.25) is 4.90 Å². The summed E-state index contributed by atoms with van der Waals surface area (Å²) in [7, 11) is 0. The molecule has 0 radical (unpaired) electrons. The Kier molecular flexibility index (Phi) is 3.87. The number of nitrogens with zero attached hydrogens (tertiary/aromatic N) is 1. The van der Waals surface area contributed by atoms with E-state index in [4.69, 9.17) is 5.73 Å². The normalized spacial score (nSPS) is 20.7. The predicted octanol–water partition coefficient (Wildman–Crippen LogP) is 2.84. The number of hydrogen-bond acceptors (Lipinski definition) is 2. The molecule has 1 saturated heterocycles. The van der Waals surface area contributed by atoms with Crippen LogP contribution in [0.4, 0.5) is 13.2 Å². The summed E-state index contributed by atoms with van der Waals surface area (Å²) in [5.41, 5.74) is 6.30. The molecule has 1 unspecified atom stereocenters. The highest BCUT2D eigenvalue weighted by Crippen LogP contribution is 2.34. The lowest BCUT2D eigenvalue weighted by molar-refractivity contribution is 0.222. The predicted molar refractivity (Wildman–Crippen MR) is 68.1 cm³/mol. The molecule has 2 N–H and O–H groups in total. The minimum atomic E-state index is -1.43. The van der Waals surface area contributed by atoms with Crippen LogP contribution in [0, 0.1) is 22.9 Å². The van der Waals surface area contributed by atoms with Crippen LogP contribution in [0.5, 0.6) is 0 Å². The molecule has 0 spiro atoms. The maximum Gasteiger partial charge on any atom is 0.194 e. The average molecular weight is 272 g/mol. The van der Waals surface area contributed by atoms with Gasteiger partial charge in [0.25, 0.3) is 0 Å². The van der Waals surface area contributed by atoms with Gasteiger partial charge in [0, 0.05) is 19.1 Å². The van der Waals surface area contributed by atoms with Crippen LogP contribution >= 0.6 is 0 Å². The van der Waals surface area contributed by atoms with Crippen molar-refractivity contribution in [2.45, 2.75) is 26.3 Å². The summed E-state index contributed by atoms with van der Waals surface area (Å²) in [5, 5.41) is 0. The summed E-state index contributed by atoms with van der Waals surface area (Å²) in [4.78, 5) is 2.10. The molecule has 5 heteroatoms. The van der Waals surface area contributed by atoms with Crippen molar-refractivity contribution in [2.24, 2.45) is 11.1 Å². The second-order valence-corrected chi connectivity index (χ2v) is 5.93. The zero-order chi connectivity index (χ0) is 14.2. The lowest BCUT2D eigenvalue weighted by Gasteiger charge is -2.28. The second kappa shape index (κ2) is 5.13. The Morgan fingerprint density at radius 2 is 1.84 bits per heavy atom. The highest BCUT2D eigenvalue weighted by atomic mass is 19.2. The maximum atomic E-state index is 13.3. The zero-order valence-electron chi connectivity index (χ0n) is 11.2. The Balaban J connectivity index is 2.28. The van der Waals surface area contributed by atoms with E-state index in [0.29, 0.717) is 5.56 Å². The maximum absolute atomic E-state index is 13.3. The van der Waals surface area contributed by atoms with Crippen LogP contribution < -0.4 is 5.73 Å². The molecule has 0 aromatic heterocycles. The van der Waals surface area contributed by atoms with Crippen LogP contribution in [0.25, 0.3) is 0 Å². The molecule has 0 saturated carbocycles. The molecule has 1 aromatic carbocycles. The molecule has 0 amide bonds.